The first kappa shape index (κ1) is 33.4. The molecule has 1 fully saturated rings. The lowest BCUT2D eigenvalue weighted by atomic mass is 9.90. The fourth-order valence-corrected chi connectivity index (χ4v) is 5.72. The molecule has 0 bridgehead atoms. The van der Waals surface area contributed by atoms with Crippen LogP contribution in [-0.4, -0.2) is 104 Å². The summed E-state index contributed by atoms with van der Waals surface area (Å²) in [5.41, 5.74) is -1.39. The maximum atomic E-state index is 15.2. The number of nitrogens with one attached hydrogen (secondary N) is 4. The molecule has 15 heteroatoms. The van der Waals surface area contributed by atoms with Crippen LogP contribution in [0.15, 0.2) is 53.6 Å². The van der Waals surface area contributed by atoms with E-state index in [1.165, 1.54) is 18.1 Å². The summed E-state index contributed by atoms with van der Waals surface area (Å²) in [4.78, 5) is 67.0. The van der Waals surface area contributed by atoms with E-state index in [0.29, 0.717) is 30.9 Å². The molecule has 0 radical (unpaired) electrons. The van der Waals surface area contributed by atoms with E-state index in [1.807, 2.05) is 11.9 Å². The molecule has 3 heterocycles. The molecule has 252 valence electrons. The van der Waals surface area contributed by atoms with Gasteiger partial charge < -0.3 is 40.0 Å². The minimum Gasteiger partial charge on any atom is -0.497 e. The number of methoxy groups -OCH3 is 1. The Morgan fingerprint density at radius 2 is 1.85 bits per heavy atom. The number of hydrogen-bond acceptors (Lipinski definition) is 9. The van der Waals surface area contributed by atoms with Crippen LogP contribution in [0.3, 0.4) is 0 Å². The Bertz CT molecular complexity index is 1580. The average Bonchev–Trinajstić information content (AvgIpc) is 3.64. The lowest BCUT2D eigenvalue weighted by Crippen LogP contribution is -2.57. The Kier molecular flexibility index (Phi) is 9.29. The molecule has 4 N–H and O–H groups in total. The number of imide groups is 1. The van der Waals surface area contributed by atoms with E-state index in [1.54, 1.807) is 45.0 Å². The second-order valence-electron chi connectivity index (χ2n) is 12.8. The molecular weight excluding hydrogens is 615 g/mol. The summed E-state index contributed by atoms with van der Waals surface area (Å²) >= 11 is 0. The molecule has 4 aliphatic rings. The SMILES string of the molecule is COc1ccc2c(c1)C(=O)N(CC1(C3=CC4C=C(C(=O)NCCN(C)CCNC(=O)OC(C)(C)C)C(F)=CC4O3)NC(=O)NC1=O)C2. The summed E-state index contributed by atoms with van der Waals surface area (Å²) in [6, 6.07) is 4.35. The largest absolute Gasteiger partial charge is 0.497 e. The lowest BCUT2D eigenvalue weighted by Gasteiger charge is -2.32. The van der Waals surface area contributed by atoms with Gasteiger partial charge >= 0.3 is 12.1 Å². The van der Waals surface area contributed by atoms with Crippen molar-refractivity contribution in [3.63, 3.8) is 0 Å². The van der Waals surface area contributed by atoms with Gasteiger partial charge in [-0.2, -0.15) is 0 Å². The lowest BCUT2D eigenvalue weighted by molar-refractivity contribution is -0.124. The highest BCUT2D eigenvalue weighted by molar-refractivity contribution is 6.10. The molecule has 3 atom stereocenters. The van der Waals surface area contributed by atoms with Crippen molar-refractivity contribution in [2.24, 2.45) is 5.92 Å². The zero-order valence-electron chi connectivity index (χ0n) is 26.9. The highest BCUT2D eigenvalue weighted by Crippen LogP contribution is 2.40. The maximum Gasteiger partial charge on any atom is 0.407 e. The molecule has 6 amide bonds. The first-order chi connectivity index (χ1) is 22.2. The molecular formula is C32H39FN6O8. The molecule has 1 aromatic rings. The Balaban J connectivity index is 1.22. The van der Waals surface area contributed by atoms with E-state index in [-0.39, 0.29) is 36.9 Å². The Hall–Kier alpha value is -4.92. The first-order valence-corrected chi connectivity index (χ1v) is 15.2. The summed E-state index contributed by atoms with van der Waals surface area (Å²) in [7, 11) is 3.31. The molecule has 3 unspecified atom stereocenters. The molecule has 0 saturated carbocycles. The van der Waals surface area contributed by atoms with Crippen LogP contribution in [0.5, 0.6) is 5.75 Å². The van der Waals surface area contributed by atoms with Gasteiger partial charge in [0.05, 0.1) is 19.2 Å². The van der Waals surface area contributed by atoms with Crippen molar-refractivity contribution in [3.05, 3.63) is 64.7 Å². The average molecular weight is 655 g/mol. The predicted molar refractivity (Wildman–Crippen MR) is 166 cm³/mol. The van der Waals surface area contributed by atoms with Gasteiger partial charge in [0, 0.05) is 44.2 Å². The topological polar surface area (TPSA) is 168 Å². The van der Waals surface area contributed by atoms with Gasteiger partial charge in [-0.25, -0.2) is 14.0 Å². The molecule has 1 aliphatic carbocycles. The number of ether oxygens (including phenoxy) is 3. The van der Waals surface area contributed by atoms with Crippen LogP contribution in [0.4, 0.5) is 14.0 Å². The van der Waals surface area contributed by atoms with Gasteiger partial charge in [0.2, 0.25) is 0 Å². The number of likely N-dealkylation sites (N-methyl/N-ethyl adjacent to an activating group) is 1. The van der Waals surface area contributed by atoms with E-state index in [2.05, 4.69) is 21.3 Å². The van der Waals surface area contributed by atoms with Crippen LogP contribution in [0.2, 0.25) is 0 Å². The van der Waals surface area contributed by atoms with E-state index in [4.69, 9.17) is 14.2 Å². The quantitative estimate of drug-likeness (QED) is 0.259. The minimum atomic E-state index is -1.76. The number of carbonyl (C=O) groups excluding carboxylic acids is 5. The molecule has 1 saturated heterocycles. The number of carbonyl (C=O) groups is 5. The summed E-state index contributed by atoms with van der Waals surface area (Å²) in [6.45, 7) is 6.76. The Morgan fingerprint density at radius 1 is 1.13 bits per heavy atom. The van der Waals surface area contributed by atoms with Crippen molar-refractivity contribution in [2.45, 2.75) is 44.6 Å². The third kappa shape index (κ3) is 7.24. The van der Waals surface area contributed by atoms with E-state index >= 15 is 4.39 Å². The van der Waals surface area contributed by atoms with Crippen LogP contribution in [0.25, 0.3) is 0 Å². The number of hydrogen-bond donors (Lipinski definition) is 4. The highest BCUT2D eigenvalue weighted by Gasteiger charge is 2.55. The Labute approximate surface area is 271 Å². The van der Waals surface area contributed by atoms with Crippen molar-refractivity contribution < 1.29 is 42.6 Å². The number of amides is 6. The predicted octanol–water partition coefficient (Wildman–Crippen LogP) is 1.49. The van der Waals surface area contributed by atoms with Crippen LogP contribution in [0.1, 0.15) is 36.7 Å². The molecule has 0 spiro atoms. The fourth-order valence-electron chi connectivity index (χ4n) is 5.72. The fraction of sp³-hybridized carbons (Fsp3) is 0.469. The Morgan fingerprint density at radius 3 is 2.51 bits per heavy atom. The standard InChI is InChI=1S/C32H39FN6O8/c1-31(2,3)47-30(44)35-9-11-38(4)10-8-34-26(40)22-12-19-13-25(46-24(19)15-23(22)33)32(28(42)36-29(43)37-32)17-39-16-18-6-7-20(45-5)14-21(18)27(39)41/h6-7,12-15,19,24H,8-11,16-17H2,1-5H3,(H,34,40)(H,35,44)(H2,36,37,42,43). The number of benzene rings is 1. The first-order valence-electron chi connectivity index (χ1n) is 15.2. The van der Waals surface area contributed by atoms with E-state index in [9.17, 15) is 24.0 Å². The van der Waals surface area contributed by atoms with Gasteiger partial charge in [-0.1, -0.05) is 12.1 Å². The van der Waals surface area contributed by atoms with Crippen molar-refractivity contribution in [1.82, 2.24) is 31.1 Å². The van der Waals surface area contributed by atoms with Crippen LogP contribution < -0.4 is 26.0 Å². The normalized spacial score (nSPS) is 23.2. The zero-order chi connectivity index (χ0) is 34.1. The molecule has 3 aliphatic heterocycles. The van der Waals surface area contributed by atoms with Gasteiger partial charge in [0.25, 0.3) is 17.7 Å². The molecule has 14 nitrogen and oxygen atoms in total. The summed E-state index contributed by atoms with van der Waals surface area (Å²) < 4.78 is 31.6. The van der Waals surface area contributed by atoms with Crippen LogP contribution in [-0.2, 0) is 25.6 Å². The van der Waals surface area contributed by atoms with Gasteiger partial charge in [0.1, 0.15) is 29.0 Å². The molecule has 5 rings (SSSR count). The van der Waals surface area contributed by atoms with E-state index < -0.39 is 52.9 Å². The second kappa shape index (κ2) is 13.1. The number of rotatable bonds is 11. The van der Waals surface area contributed by atoms with Crippen LogP contribution >= 0.6 is 0 Å². The van der Waals surface area contributed by atoms with Crippen molar-refractivity contribution >= 4 is 29.8 Å². The maximum absolute atomic E-state index is 15.2. The summed E-state index contributed by atoms with van der Waals surface area (Å²) in [5.74, 6) is -2.56. The van der Waals surface area contributed by atoms with E-state index in [0.717, 1.165) is 11.6 Å². The number of alkyl carbamates (subject to hydrolysis) is 1. The molecule has 0 aromatic heterocycles. The van der Waals surface area contributed by atoms with Crippen molar-refractivity contribution in [3.8, 4) is 5.75 Å². The van der Waals surface area contributed by atoms with Gasteiger partial charge in [-0.3, -0.25) is 19.7 Å². The minimum absolute atomic E-state index is 0.0424. The molecule has 1 aromatic carbocycles. The number of halogens is 1. The smallest absolute Gasteiger partial charge is 0.407 e. The van der Waals surface area contributed by atoms with Crippen molar-refractivity contribution in [2.75, 3.05) is 46.9 Å². The summed E-state index contributed by atoms with van der Waals surface area (Å²) in [6.07, 6.45) is 2.75. The van der Waals surface area contributed by atoms with Crippen LogP contribution in [0, 0.1) is 5.92 Å². The monoisotopic (exact) mass is 654 g/mol. The number of fused-ring (bicyclic) bond motifs is 2. The van der Waals surface area contributed by atoms with Gasteiger partial charge in [0.15, 0.2) is 5.54 Å². The third-order valence-corrected chi connectivity index (χ3v) is 8.08. The van der Waals surface area contributed by atoms with Crippen molar-refractivity contribution in [1.29, 1.82) is 0 Å². The molecule has 47 heavy (non-hydrogen) atoms. The second-order valence-corrected chi connectivity index (χ2v) is 12.8. The van der Waals surface area contributed by atoms with Gasteiger partial charge in [-0.05, 0) is 57.7 Å². The number of urea groups is 1. The number of nitrogens with zero attached hydrogens (tertiary/aromatic N) is 2. The highest BCUT2D eigenvalue weighted by atomic mass is 19.1. The van der Waals surface area contributed by atoms with Gasteiger partial charge in [-0.15, -0.1) is 0 Å². The zero-order valence-corrected chi connectivity index (χ0v) is 26.9. The summed E-state index contributed by atoms with van der Waals surface area (Å²) in [5, 5.41) is 10.2. The third-order valence-electron chi connectivity index (χ3n) is 8.08.